The maximum absolute atomic E-state index is 12.9. The van der Waals surface area contributed by atoms with Crippen molar-refractivity contribution in [3.8, 4) is 11.1 Å². The lowest BCUT2D eigenvalue weighted by Crippen LogP contribution is -2.21. The first-order valence-electron chi connectivity index (χ1n) is 9.58. The van der Waals surface area contributed by atoms with E-state index < -0.39 is 0 Å². The van der Waals surface area contributed by atoms with E-state index in [9.17, 15) is 9.59 Å². The topological polar surface area (TPSA) is 64.0 Å². The molecule has 0 saturated heterocycles. The Labute approximate surface area is 193 Å². The maximum atomic E-state index is 12.9. The molecule has 0 fully saturated rings. The standard InChI is InChI=1S/C23H20ClN3O2S2/c1-13-7-9-15(10-8-13)16-11-30-21-20(16)26-23(27(3)22(21)29)31-12-19(28)25-18-6-4-5-17(24)14(18)2/h4-11H,12H2,1-3H3,(H,25,28). The molecule has 0 bridgehead atoms. The van der Waals surface area contributed by atoms with E-state index in [4.69, 9.17) is 16.6 Å². The lowest BCUT2D eigenvalue weighted by molar-refractivity contribution is -0.113. The Kier molecular flexibility index (Phi) is 6.18. The van der Waals surface area contributed by atoms with Crippen LogP contribution in [-0.4, -0.2) is 21.2 Å². The van der Waals surface area contributed by atoms with Crippen molar-refractivity contribution in [3.63, 3.8) is 0 Å². The van der Waals surface area contributed by atoms with Gasteiger partial charge >= 0.3 is 0 Å². The van der Waals surface area contributed by atoms with Gasteiger partial charge in [-0.15, -0.1) is 11.3 Å². The largest absolute Gasteiger partial charge is 0.325 e. The summed E-state index contributed by atoms with van der Waals surface area (Å²) in [6.07, 6.45) is 0. The van der Waals surface area contributed by atoms with Gasteiger partial charge in [0.1, 0.15) is 4.70 Å². The number of fused-ring (bicyclic) bond motifs is 1. The fourth-order valence-corrected chi connectivity index (χ4v) is 5.08. The van der Waals surface area contributed by atoms with Crippen molar-refractivity contribution in [1.82, 2.24) is 9.55 Å². The number of hydrogen-bond donors (Lipinski definition) is 1. The van der Waals surface area contributed by atoms with Gasteiger partial charge in [0.25, 0.3) is 5.56 Å². The van der Waals surface area contributed by atoms with E-state index >= 15 is 0 Å². The Balaban J connectivity index is 1.60. The number of halogens is 1. The number of thioether (sulfide) groups is 1. The smallest absolute Gasteiger partial charge is 0.271 e. The number of carbonyl (C=O) groups excluding carboxylic acids is 1. The zero-order chi connectivity index (χ0) is 22.1. The molecule has 4 aromatic rings. The molecule has 0 atom stereocenters. The number of hydrogen-bond acceptors (Lipinski definition) is 5. The number of nitrogens with one attached hydrogen (secondary N) is 1. The maximum Gasteiger partial charge on any atom is 0.271 e. The SMILES string of the molecule is Cc1ccc(-c2csc3c(=O)n(C)c(SCC(=O)Nc4cccc(Cl)c4C)nc23)cc1. The molecule has 0 aliphatic carbocycles. The zero-order valence-corrected chi connectivity index (χ0v) is 19.6. The average molecular weight is 470 g/mol. The molecule has 0 aliphatic rings. The molecule has 0 radical (unpaired) electrons. The average Bonchev–Trinajstić information content (AvgIpc) is 3.17. The zero-order valence-electron chi connectivity index (χ0n) is 17.2. The molecule has 2 heterocycles. The first kappa shape index (κ1) is 21.6. The molecule has 2 aromatic heterocycles. The first-order valence-corrected chi connectivity index (χ1v) is 11.8. The van der Waals surface area contributed by atoms with E-state index in [0.29, 0.717) is 26.1 Å². The van der Waals surface area contributed by atoms with E-state index in [1.54, 1.807) is 19.2 Å². The van der Waals surface area contributed by atoms with Crippen molar-refractivity contribution in [3.05, 3.63) is 74.3 Å². The fourth-order valence-electron chi connectivity index (χ4n) is 3.15. The number of aryl methyl sites for hydroxylation is 1. The summed E-state index contributed by atoms with van der Waals surface area (Å²) in [5.41, 5.74) is 5.17. The predicted molar refractivity (Wildman–Crippen MR) is 131 cm³/mol. The third-order valence-electron chi connectivity index (χ3n) is 4.99. The normalized spacial score (nSPS) is 11.1. The minimum Gasteiger partial charge on any atom is -0.325 e. The highest BCUT2D eigenvalue weighted by atomic mass is 35.5. The van der Waals surface area contributed by atoms with Crippen LogP contribution in [0.4, 0.5) is 5.69 Å². The van der Waals surface area contributed by atoms with Gasteiger partial charge < -0.3 is 5.32 Å². The van der Waals surface area contributed by atoms with Crippen molar-refractivity contribution in [2.45, 2.75) is 19.0 Å². The minimum absolute atomic E-state index is 0.109. The van der Waals surface area contributed by atoms with Crippen LogP contribution in [0.1, 0.15) is 11.1 Å². The predicted octanol–water partition coefficient (Wildman–Crippen LogP) is 5.66. The molecular formula is C23H20ClN3O2S2. The molecule has 2 aromatic carbocycles. The number of benzene rings is 2. The van der Waals surface area contributed by atoms with Crippen LogP contribution >= 0.6 is 34.7 Å². The number of carbonyl (C=O) groups is 1. The van der Waals surface area contributed by atoms with Gasteiger partial charge in [0.15, 0.2) is 5.16 Å². The van der Waals surface area contributed by atoms with Crippen molar-refractivity contribution in [1.29, 1.82) is 0 Å². The highest BCUT2D eigenvalue weighted by Crippen LogP contribution is 2.32. The van der Waals surface area contributed by atoms with Crippen molar-refractivity contribution >= 4 is 56.5 Å². The number of nitrogens with zero attached hydrogens (tertiary/aromatic N) is 2. The van der Waals surface area contributed by atoms with E-state index in [2.05, 4.69) is 5.32 Å². The number of rotatable bonds is 5. The highest BCUT2D eigenvalue weighted by Gasteiger charge is 2.16. The third kappa shape index (κ3) is 4.39. The molecule has 8 heteroatoms. The number of aromatic nitrogens is 2. The van der Waals surface area contributed by atoms with Gasteiger partial charge in [-0.2, -0.15) is 0 Å². The van der Waals surface area contributed by atoms with Crippen molar-refractivity contribution in [2.75, 3.05) is 11.1 Å². The molecule has 0 saturated carbocycles. The van der Waals surface area contributed by atoms with Crippen LogP contribution in [0.15, 0.2) is 57.8 Å². The summed E-state index contributed by atoms with van der Waals surface area (Å²) in [7, 11) is 1.68. The molecule has 1 amide bonds. The van der Waals surface area contributed by atoms with Crippen LogP contribution < -0.4 is 10.9 Å². The van der Waals surface area contributed by atoms with E-state index in [-0.39, 0.29) is 17.2 Å². The van der Waals surface area contributed by atoms with Gasteiger partial charge in [0.2, 0.25) is 5.91 Å². The molecule has 31 heavy (non-hydrogen) atoms. The Morgan fingerprint density at radius 1 is 1.19 bits per heavy atom. The fraction of sp³-hybridized carbons (Fsp3) is 0.174. The molecule has 5 nitrogen and oxygen atoms in total. The molecular weight excluding hydrogens is 450 g/mol. The molecule has 158 valence electrons. The lowest BCUT2D eigenvalue weighted by Gasteiger charge is -2.10. The second-order valence-corrected chi connectivity index (χ2v) is 9.43. The first-order chi connectivity index (χ1) is 14.8. The van der Waals surface area contributed by atoms with Crippen molar-refractivity contribution < 1.29 is 4.79 Å². The summed E-state index contributed by atoms with van der Waals surface area (Å²) in [4.78, 5) is 30.1. The van der Waals surface area contributed by atoms with Crippen LogP contribution in [0.25, 0.3) is 21.3 Å². The van der Waals surface area contributed by atoms with Gasteiger partial charge in [0.05, 0.1) is 11.3 Å². The second kappa shape index (κ2) is 8.86. The van der Waals surface area contributed by atoms with E-state index in [1.807, 2.05) is 49.6 Å². The van der Waals surface area contributed by atoms with Gasteiger partial charge in [-0.3, -0.25) is 14.2 Å². The number of thiophene rings is 1. The van der Waals surface area contributed by atoms with Gasteiger partial charge in [0, 0.05) is 28.7 Å². The Morgan fingerprint density at radius 2 is 1.94 bits per heavy atom. The minimum atomic E-state index is -0.186. The monoisotopic (exact) mass is 469 g/mol. The van der Waals surface area contributed by atoms with E-state index in [0.717, 1.165) is 16.7 Å². The number of anilines is 1. The third-order valence-corrected chi connectivity index (χ3v) is 7.39. The summed E-state index contributed by atoms with van der Waals surface area (Å²) < 4.78 is 2.11. The summed E-state index contributed by atoms with van der Waals surface area (Å²) in [6, 6.07) is 13.5. The van der Waals surface area contributed by atoms with E-state index in [1.165, 1.54) is 33.2 Å². The van der Waals surface area contributed by atoms with Crippen LogP contribution in [0, 0.1) is 13.8 Å². The molecule has 0 aliphatic heterocycles. The van der Waals surface area contributed by atoms with Gasteiger partial charge in [-0.25, -0.2) is 4.98 Å². The highest BCUT2D eigenvalue weighted by molar-refractivity contribution is 7.99. The molecule has 4 rings (SSSR count). The molecule has 0 unspecified atom stereocenters. The summed E-state index contributed by atoms with van der Waals surface area (Å²) in [5, 5.41) is 5.94. The lowest BCUT2D eigenvalue weighted by atomic mass is 10.1. The Hall–Kier alpha value is -2.61. The summed E-state index contributed by atoms with van der Waals surface area (Å²) in [6.45, 7) is 3.89. The number of amides is 1. The van der Waals surface area contributed by atoms with Crippen LogP contribution in [0.2, 0.25) is 5.02 Å². The van der Waals surface area contributed by atoms with Crippen LogP contribution in [-0.2, 0) is 11.8 Å². The van der Waals surface area contributed by atoms with Gasteiger partial charge in [-0.05, 0) is 37.1 Å². The van der Waals surface area contributed by atoms with Gasteiger partial charge in [-0.1, -0.05) is 59.3 Å². The second-order valence-electron chi connectivity index (χ2n) is 7.20. The van der Waals surface area contributed by atoms with Crippen LogP contribution in [0.5, 0.6) is 0 Å². The molecule has 1 N–H and O–H groups in total. The molecule has 0 spiro atoms. The van der Waals surface area contributed by atoms with Crippen LogP contribution in [0.3, 0.4) is 0 Å². The Bertz CT molecular complexity index is 1340. The Morgan fingerprint density at radius 3 is 2.68 bits per heavy atom. The quantitative estimate of drug-likeness (QED) is 0.302. The van der Waals surface area contributed by atoms with Crippen molar-refractivity contribution in [2.24, 2.45) is 7.05 Å². The summed E-state index contributed by atoms with van der Waals surface area (Å²) >= 11 is 8.75. The summed E-state index contributed by atoms with van der Waals surface area (Å²) in [5.74, 6) is -0.0596.